The third kappa shape index (κ3) is 3.78. The number of rotatable bonds is 5. The molecule has 3 heteroatoms. The second-order valence-corrected chi connectivity index (χ2v) is 7.03. The number of carbonyl (C=O) groups excluding carboxylic acids is 2. The molecule has 0 aliphatic heterocycles. The molecule has 1 aliphatic rings. The molecule has 0 amide bonds. The average Bonchev–Trinajstić information content (AvgIpc) is 2.99. The van der Waals surface area contributed by atoms with Crippen molar-refractivity contribution in [3.63, 3.8) is 0 Å². The van der Waals surface area contributed by atoms with Crippen molar-refractivity contribution in [2.24, 2.45) is 5.92 Å². The number of Topliss-reactive ketones (excluding diaryl/α,β-unsaturated/α-hetero) is 2. The van der Waals surface area contributed by atoms with E-state index in [1.165, 1.54) is 0 Å². The molecule has 118 valence electrons. The molecule has 1 aliphatic carbocycles. The molecule has 1 fully saturated rings. The SMILES string of the molecule is O=C(CC(c1ccccc1)C1CCCC1=O)c1ccc(Br)cc1. The lowest BCUT2D eigenvalue weighted by Gasteiger charge is -2.22. The molecular formula is C20H19BrO2. The van der Waals surface area contributed by atoms with Crippen molar-refractivity contribution < 1.29 is 9.59 Å². The summed E-state index contributed by atoms with van der Waals surface area (Å²) in [5, 5.41) is 0. The van der Waals surface area contributed by atoms with E-state index in [1.807, 2.05) is 54.6 Å². The molecule has 3 rings (SSSR count). The van der Waals surface area contributed by atoms with Gasteiger partial charge in [-0.2, -0.15) is 0 Å². The van der Waals surface area contributed by atoms with Gasteiger partial charge < -0.3 is 0 Å². The maximum Gasteiger partial charge on any atom is 0.163 e. The molecule has 2 unspecified atom stereocenters. The number of carbonyl (C=O) groups is 2. The Labute approximate surface area is 145 Å². The van der Waals surface area contributed by atoms with Crippen LogP contribution in [0, 0.1) is 5.92 Å². The Morgan fingerprint density at radius 1 is 1.09 bits per heavy atom. The Bertz CT molecular complexity index is 691. The summed E-state index contributed by atoms with van der Waals surface area (Å²) in [5.74, 6) is 0.382. The second kappa shape index (κ2) is 7.22. The highest BCUT2D eigenvalue weighted by Gasteiger charge is 2.34. The molecule has 2 atom stereocenters. The fourth-order valence-corrected chi connectivity index (χ4v) is 3.68. The molecule has 0 spiro atoms. The minimum absolute atomic E-state index is 0.0117. The van der Waals surface area contributed by atoms with Crippen LogP contribution in [0.25, 0.3) is 0 Å². The van der Waals surface area contributed by atoms with Gasteiger partial charge >= 0.3 is 0 Å². The smallest absolute Gasteiger partial charge is 0.163 e. The largest absolute Gasteiger partial charge is 0.299 e. The Hall–Kier alpha value is -1.74. The van der Waals surface area contributed by atoms with E-state index in [0.29, 0.717) is 24.2 Å². The van der Waals surface area contributed by atoms with Gasteiger partial charge in [0.15, 0.2) is 5.78 Å². The fourth-order valence-electron chi connectivity index (χ4n) is 3.41. The van der Waals surface area contributed by atoms with Crippen LogP contribution in [0.3, 0.4) is 0 Å². The Morgan fingerprint density at radius 2 is 1.78 bits per heavy atom. The summed E-state index contributed by atoms with van der Waals surface area (Å²) in [6.45, 7) is 0. The minimum Gasteiger partial charge on any atom is -0.299 e. The predicted molar refractivity (Wildman–Crippen MR) is 94.6 cm³/mol. The van der Waals surface area contributed by atoms with Gasteiger partial charge in [-0.25, -0.2) is 0 Å². The zero-order valence-electron chi connectivity index (χ0n) is 12.9. The van der Waals surface area contributed by atoms with E-state index >= 15 is 0 Å². The van der Waals surface area contributed by atoms with E-state index < -0.39 is 0 Å². The summed E-state index contributed by atoms with van der Waals surface area (Å²) < 4.78 is 0.958. The molecule has 1 saturated carbocycles. The lowest BCUT2D eigenvalue weighted by molar-refractivity contribution is -0.121. The number of hydrogen-bond acceptors (Lipinski definition) is 2. The van der Waals surface area contributed by atoms with Crippen LogP contribution in [-0.2, 0) is 4.79 Å². The van der Waals surface area contributed by atoms with Crippen molar-refractivity contribution in [2.45, 2.75) is 31.6 Å². The van der Waals surface area contributed by atoms with Crippen LogP contribution in [0.5, 0.6) is 0 Å². The zero-order chi connectivity index (χ0) is 16.2. The Balaban J connectivity index is 1.85. The first-order chi connectivity index (χ1) is 11.1. The zero-order valence-corrected chi connectivity index (χ0v) is 14.5. The first-order valence-electron chi connectivity index (χ1n) is 8.01. The van der Waals surface area contributed by atoms with Gasteiger partial charge in [0.05, 0.1) is 0 Å². The van der Waals surface area contributed by atoms with Gasteiger partial charge in [0.25, 0.3) is 0 Å². The fraction of sp³-hybridized carbons (Fsp3) is 0.300. The van der Waals surface area contributed by atoms with E-state index in [1.54, 1.807) is 0 Å². The molecule has 0 bridgehead atoms. The summed E-state index contributed by atoms with van der Waals surface area (Å²) in [4.78, 5) is 24.9. The van der Waals surface area contributed by atoms with Gasteiger partial charge in [0, 0.05) is 34.7 Å². The van der Waals surface area contributed by atoms with Crippen LogP contribution in [0.4, 0.5) is 0 Å². The molecule has 0 radical (unpaired) electrons. The highest BCUT2D eigenvalue weighted by Crippen LogP contribution is 2.38. The molecule has 23 heavy (non-hydrogen) atoms. The first kappa shape index (κ1) is 16.1. The molecule has 0 saturated heterocycles. The monoisotopic (exact) mass is 370 g/mol. The van der Waals surface area contributed by atoms with Crippen molar-refractivity contribution in [3.05, 3.63) is 70.2 Å². The van der Waals surface area contributed by atoms with Crippen molar-refractivity contribution in [1.29, 1.82) is 0 Å². The Kier molecular flexibility index (Phi) is 5.06. The average molecular weight is 371 g/mol. The lowest BCUT2D eigenvalue weighted by atomic mass is 9.80. The lowest BCUT2D eigenvalue weighted by Crippen LogP contribution is -2.20. The van der Waals surface area contributed by atoms with Crippen LogP contribution < -0.4 is 0 Å². The highest BCUT2D eigenvalue weighted by molar-refractivity contribution is 9.10. The molecule has 0 aromatic heterocycles. The van der Waals surface area contributed by atoms with Gasteiger partial charge in [-0.15, -0.1) is 0 Å². The van der Waals surface area contributed by atoms with Gasteiger partial charge in [0.1, 0.15) is 5.78 Å². The quantitative estimate of drug-likeness (QED) is 0.679. The van der Waals surface area contributed by atoms with Gasteiger partial charge in [-0.05, 0) is 30.5 Å². The number of ketones is 2. The van der Waals surface area contributed by atoms with Crippen molar-refractivity contribution in [2.75, 3.05) is 0 Å². The van der Waals surface area contributed by atoms with Crippen LogP contribution in [0.15, 0.2) is 59.1 Å². The van der Waals surface area contributed by atoms with E-state index in [-0.39, 0.29) is 17.6 Å². The van der Waals surface area contributed by atoms with Gasteiger partial charge in [-0.1, -0.05) is 58.4 Å². The maximum absolute atomic E-state index is 12.7. The topological polar surface area (TPSA) is 34.1 Å². The maximum atomic E-state index is 12.7. The molecule has 2 aromatic rings. The molecule has 0 heterocycles. The van der Waals surface area contributed by atoms with Crippen molar-refractivity contribution in [1.82, 2.24) is 0 Å². The molecule has 0 N–H and O–H groups in total. The molecule has 2 aromatic carbocycles. The second-order valence-electron chi connectivity index (χ2n) is 6.12. The van der Waals surface area contributed by atoms with Crippen molar-refractivity contribution in [3.8, 4) is 0 Å². The molecular weight excluding hydrogens is 352 g/mol. The summed E-state index contributed by atoms with van der Waals surface area (Å²) in [7, 11) is 0. The highest BCUT2D eigenvalue weighted by atomic mass is 79.9. The van der Waals surface area contributed by atoms with Gasteiger partial charge in [-0.3, -0.25) is 9.59 Å². The van der Waals surface area contributed by atoms with Crippen LogP contribution >= 0.6 is 15.9 Å². The predicted octanol–water partition coefficient (Wildman–Crippen LogP) is 5.17. The Morgan fingerprint density at radius 3 is 2.39 bits per heavy atom. The van der Waals surface area contributed by atoms with Crippen LogP contribution in [0.1, 0.15) is 47.5 Å². The number of halogens is 1. The van der Waals surface area contributed by atoms with Gasteiger partial charge in [0.2, 0.25) is 0 Å². The standard InChI is InChI=1S/C20H19BrO2/c21-16-11-9-15(10-12-16)20(23)13-18(14-5-2-1-3-6-14)17-7-4-8-19(17)22/h1-3,5-6,9-12,17-18H,4,7-8,13H2. The van der Waals surface area contributed by atoms with E-state index in [9.17, 15) is 9.59 Å². The first-order valence-corrected chi connectivity index (χ1v) is 8.81. The summed E-state index contributed by atoms with van der Waals surface area (Å²) in [5.41, 5.74) is 1.80. The van der Waals surface area contributed by atoms with Crippen molar-refractivity contribution >= 4 is 27.5 Å². The van der Waals surface area contributed by atoms with E-state index in [4.69, 9.17) is 0 Å². The summed E-state index contributed by atoms with van der Waals surface area (Å²) in [6, 6.07) is 17.4. The van der Waals surface area contributed by atoms with Crippen LogP contribution in [-0.4, -0.2) is 11.6 Å². The molecule has 2 nitrogen and oxygen atoms in total. The minimum atomic E-state index is -0.0169. The third-order valence-corrected chi connectivity index (χ3v) is 5.17. The van der Waals surface area contributed by atoms with E-state index in [0.717, 1.165) is 22.9 Å². The summed E-state index contributed by atoms with van der Waals surface area (Å²) in [6.07, 6.45) is 2.88. The number of hydrogen-bond donors (Lipinski definition) is 0. The van der Waals surface area contributed by atoms with Crippen LogP contribution in [0.2, 0.25) is 0 Å². The van der Waals surface area contributed by atoms with E-state index in [2.05, 4.69) is 15.9 Å². The normalized spacial score (nSPS) is 18.8. The number of benzene rings is 2. The third-order valence-electron chi connectivity index (χ3n) is 4.64. The summed E-state index contributed by atoms with van der Waals surface area (Å²) >= 11 is 3.39.